The lowest BCUT2D eigenvalue weighted by molar-refractivity contribution is -0.137. The molecular formula is C13H23N3O2. The van der Waals surface area contributed by atoms with Crippen molar-refractivity contribution in [3.05, 3.63) is 0 Å². The molecule has 2 aliphatic heterocycles. The molecule has 0 bridgehead atoms. The average Bonchev–Trinajstić information content (AvgIpc) is 2.38. The van der Waals surface area contributed by atoms with Gasteiger partial charge in [-0.3, -0.25) is 9.59 Å². The minimum atomic E-state index is 0.141. The molecule has 2 aliphatic rings. The van der Waals surface area contributed by atoms with Crippen LogP contribution in [0.2, 0.25) is 0 Å². The van der Waals surface area contributed by atoms with E-state index in [1.165, 1.54) is 0 Å². The lowest BCUT2D eigenvalue weighted by atomic mass is 10.1. The van der Waals surface area contributed by atoms with Gasteiger partial charge in [-0.2, -0.15) is 0 Å². The van der Waals surface area contributed by atoms with Gasteiger partial charge < -0.3 is 14.7 Å². The van der Waals surface area contributed by atoms with Gasteiger partial charge in [-0.05, 0) is 13.5 Å². The van der Waals surface area contributed by atoms with E-state index < -0.39 is 0 Å². The maximum Gasteiger partial charge on any atom is 0.224 e. The number of carbonyl (C=O) groups is 2. The summed E-state index contributed by atoms with van der Waals surface area (Å²) >= 11 is 0. The molecule has 5 heteroatoms. The SMILES string of the molecule is CN1CCN(CCC(=O)N2CCCC(=O)C2)CC1. The summed E-state index contributed by atoms with van der Waals surface area (Å²) in [6.07, 6.45) is 2.03. The number of amides is 1. The molecule has 0 atom stereocenters. The van der Waals surface area contributed by atoms with Gasteiger partial charge in [0.15, 0.2) is 5.78 Å². The Labute approximate surface area is 109 Å². The summed E-state index contributed by atoms with van der Waals surface area (Å²) in [7, 11) is 2.13. The summed E-state index contributed by atoms with van der Waals surface area (Å²) in [5.74, 6) is 0.344. The smallest absolute Gasteiger partial charge is 0.224 e. The highest BCUT2D eigenvalue weighted by molar-refractivity contribution is 5.87. The third kappa shape index (κ3) is 3.78. The van der Waals surface area contributed by atoms with Crippen molar-refractivity contribution in [1.29, 1.82) is 0 Å². The van der Waals surface area contributed by atoms with Crippen LogP contribution in [0.1, 0.15) is 19.3 Å². The molecule has 0 unspecified atom stereocenters. The number of nitrogens with zero attached hydrogens (tertiary/aromatic N) is 3. The van der Waals surface area contributed by atoms with Crippen LogP contribution in [0, 0.1) is 0 Å². The van der Waals surface area contributed by atoms with E-state index in [2.05, 4.69) is 16.8 Å². The molecule has 2 saturated heterocycles. The highest BCUT2D eigenvalue weighted by atomic mass is 16.2. The van der Waals surface area contributed by atoms with Gasteiger partial charge in [0.1, 0.15) is 0 Å². The lowest BCUT2D eigenvalue weighted by Crippen LogP contribution is -2.46. The number of ketones is 1. The van der Waals surface area contributed by atoms with Crippen LogP contribution in [0.5, 0.6) is 0 Å². The van der Waals surface area contributed by atoms with Crippen molar-refractivity contribution in [2.45, 2.75) is 19.3 Å². The van der Waals surface area contributed by atoms with Gasteiger partial charge in [-0.15, -0.1) is 0 Å². The van der Waals surface area contributed by atoms with E-state index in [0.717, 1.165) is 45.7 Å². The number of hydrogen-bond donors (Lipinski definition) is 0. The van der Waals surface area contributed by atoms with E-state index in [-0.39, 0.29) is 11.7 Å². The number of carbonyl (C=O) groups excluding carboxylic acids is 2. The predicted molar refractivity (Wildman–Crippen MR) is 69.4 cm³/mol. The number of hydrogen-bond acceptors (Lipinski definition) is 4. The number of piperidine rings is 1. The van der Waals surface area contributed by atoms with Crippen molar-refractivity contribution in [3.63, 3.8) is 0 Å². The number of Topliss-reactive ketones (excluding diaryl/α,β-unsaturated/α-hetero) is 1. The molecular weight excluding hydrogens is 230 g/mol. The van der Waals surface area contributed by atoms with Crippen LogP contribution in [0.4, 0.5) is 0 Å². The van der Waals surface area contributed by atoms with Crippen molar-refractivity contribution in [1.82, 2.24) is 14.7 Å². The van der Waals surface area contributed by atoms with Gasteiger partial charge in [0.05, 0.1) is 6.54 Å². The summed E-state index contributed by atoms with van der Waals surface area (Å²) in [4.78, 5) is 29.7. The monoisotopic (exact) mass is 253 g/mol. The van der Waals surface area contributed by atoms with Crippen molar-refractivity contribution >= 4 is 11.7 Å². The minimum absolute atomic E-state index is 0.141. The first kappa shape index (κ1) is 13.5. The van der Waals surface area contributed by atoms with Crippen LogP contribution in [-0.2, 0) is 9.59 Å². The Hall–Kier alpha value is -0.940. The van der Waals surface area contributed by atoms with Crippen molar-refractivity contribution in [2.75, 3.05) is 52.9 Å². The van der Waals surface area contributed by atoms with Crippen LogP contribution in [0.15, 0.2) is 0 Å². The van der Waals surface area contributed by atoms with Gasteiger partial charge in [0.2, 0.25) is 5.91 Å². The lowest BCUT2D eigenvalue weighted by Gasteiger charge is -2.33. The zero-order chi connectivity index (χ0) is 13.0. The zero-order valence-corrected chi connectivity index (χ0v) is 11.2. The van der Waals surface area contributed by atoms with Crippen LogP contribution >= 0.6 is 0 Å². The second-order valence-electron chi connectivity index (χ2n) is 5.35. The Morgan fingerprint density at radius 3 is 2.56 bits per heavy atom. The van der Waals surface area contributed by atoms with E-state index in [9.17, 15) is 9.59 Å². The first-order valence-corrected chi connectivity index (χ1v) is 6.85. The molecule has 2 fully saturated rings. The Morgan fingerprint density at radius 1 is 1.17 bits per heavy atom. The second kappa shape index (κ2) is 6.29. The molecule has 0 aromatic heterocycles. The molecule has 2 rings (SSSR count). The molecule has 0 saturated carbocycles. The molecule has 102 valence electrons. The van der Waals surface area contributed by atoms with Crippen molar-refractivity contribution < 1.29 is 9.59 Å². The zero-order valence-electron chi connectivity index (χ0n) is 11.2. The Balaban J connectivity index is 1.69. The Bertz CT molecular complexity index is 311. The fourth-order valence-electron chi connectivity index (χ4n) is 2.53. The van der Waals surface area contributed by atoms with Gasteiger partial charge in [0.25, 0.3) is 0 Å². The number of likely N-dealkylation sites (N-methyl/N-ethyl adjacent to an activating group) is 1. The van der Waals surface area contributed by atoms with E-state index in [1.54, 1.807) is 4.90 Å². The van der Waals surface area contributed by atoms with E-state index >= 15 is 0 Å². The van der Waals surface area contributed by atoms with E-state index in [0.29, 0.717) is 19.4 Å². The van der Waals surface area contributed by atoms with Gasteiger partial charge in [0, 0.05) is 52.1 Å². The number of rotatable bonds is 3. The molecule has 2 heterocycles. The fraction of sp³-hybridized carbons (Fsp3) is 0.846. The highest BCUT2D eigenvalue weighted by Crippen LogP contribution is 2.08. The minimum Gasteiger partial charge on any atom is -0.335 e. The summed E-state index contributed by atoms with van der Waals surface area (Å²) in [5, 5.41) is 0. The predicted octanol–water partition coefficient (Wildman–Crippen LogP) is -0.185. The van der Waals surface area contributed by atoms with Gasteiger partial charge >= 0.3 is 0 Å². The molecule has 0 aromatic rings. The summed E-state index contributed by atoms with van der Waals surface area (Å²) < 4.78 is 0. The normalized spacial score (nSPS) is 23.4. The molecule has 0 aromatic carbocycles. The van der Waals surface area contributed by atoms with E-state index in [1.807, 2.05) is 0 Å². The van der Waals surface area contributed by atoms with Crippen molar-refractivity contribution in [3.8, 4) is 0 Å². The summed E-state index contributed by atoms with van der Waals surface area (Å²) in [6.45, 7) is 6.17. The second-order valence-corrected chi connectivity index (χ2v) is 5.35. The Kier molecular flexibility index (Phi) is 4.72. The van der Waals surface area contributed by atoms with Crippen LogP contribution in [0.25, 0.3) is 0 Å². The first-order chi connectivity index (χ1) is 8.65. The quantitative estimate of drug-likeness (QED) is 0.699. The maximum absolute atomic E-state index is 12.0. The van der Waals surface area contributed by atoms with Gasteiger partial charge in [-0.25, -0.2) is 0 Å². The third-order valence-electron chi connectivity index (χ3n) is 3.84. The van der Waals surface area contributed by atoms with E-state index in [4.69, 9.17) is 0 Å². The van der Waals surface area contributed by atoms with Crippen molar-refractivity contribution in [2.24, 2.45) is 0 Å². The van der Waals surface area contributed by atoms with Gasteiger partial charge in [-0.1, -0.05) is 0 Å². The average molecular weight is 253 g/mol. The molecule has 0 aliphatic carbocycles. The van der Waals surface area contributed by atoms with Crippen LogP contribution in [-0.4, -0.2) is 79.3 Å². The van der Waals surface area contributed by atoms with Crippen LogP contribution < -0.4 is 0 Å². The first-order valence-electron chi connectivity index (χ1n) is 6.85. The molecule has 0 radical (unpaired) electrons. The third-order valence-corrected chi connectivity index (χ3v) is 3.84. The number of piperazine rings is 1. The summed E-state index contributed by atoms with van der Waals surface area (Å²) in [5.41, 5.74) is 0. The summed E-state index contributed by atoms with van der Waals surface area (Å²) in [6, 6.07) is 0. The molecule has 1 amide bonds. The van der Waals surface area contributed by atoms with Crippen LogP contribution in [0.3, 0.4) is 0 Å². The molecule has 18 heavy (non-hydrogen) atoms. The fourth-order valence-corrected chi connectivity index (χ4v) is 2.53. The maximum atomic E-state index is 12.0. The highest BCUT2D eigenvalue weighted by Gasteiger charge is 2.22. The largest absolute Gasteiger partial charge is 0.335 e. The molecule has 0 N–H and O–H groups in total. The molecule has 0 spiro atoms. The Morgan fingerprint density at radius 2 is 1.89 bits per heavy atom. The topological polar surface area (TPSA) is 43.9 Å². The molecule has 5 nitrogen and oxygen atoms in total. The standard InChI is InChI=1S/C13H23N3O2/c1-14-7-9-15(10-8-14)6-4-13(18)16-5-2-3-12(17)11-16/h2-11H2,1H3. The number of likely N-dealkylation sites (tertiary alicyclic amines) is 1.